The molecular formula is C20H30O3. The Morgan fingerprint density at radius 1 is 0.913 bits per heavy atom. The highest BCUT2D eigenvalue weighted by Crippen LogP contribution is 2.29. The number of allylic oxidation sites excluding steroid dienone is 6. The normalized spacial score (nSPS) is 21.3. The molecule has 0 radical (unpaired) electrons. The highest BCUT2D eigenvalue weighted by Gasteiger charge is 2.35. The lowest BCUT2D eigenvalue weighted by atomic mass is 10.1. The average molecular weight is 318 g/mol. The summed E-state index contributed by atoms with van der Waals surface area (Å²) in [6, 6.07) is 0. The summed E-state index contributed by atoms with van der Waals surface area (Å²) in [5.74, 6) is -0.718. The van der Waals surface area contributed by atoms with Gasteiger partial charge in [0.05, 0.1) is 12.2 Å². The Morgan fingerprint density at radius 3 is 2.04 bits per heavy atom. The topological polar surface area (TPSA) is 49.8 Å². The molecule has 3 nitrogen and oxygen atoms in total. The van der Waals surface area contributed by atoms with Gasteiger partial charge in [-0.3, -0.25) is 4.79 Å². The van der Waals surface area contributed by atoms with Crippen LogP contribution in [0.15, 0.2) is 48.6 Å². The van der Waals surface area contributed by atoms with Gasteiger partial charge in [-0.1, -0.05) is 55.5 Å². The minimum absolute atomic E-state index is 0.254. The van der Waals surface area contributed by atoms with Gasteiger partial charge in [-0.15, -0.1) is 0 Å². The van der Waals surface area contributed by atoms with Gasteiger partial charge in [0.2, 0.25) is 0 Å². The summed E-state index contributed by atoms with van der Waals surface area (Å²) in [5, 5.41) is 8.51. The Bertz CT molecular complexity index is 432. The van der Waals surface area contributed by atoms with Crippen LogP contribution in [0.4, 0.5) is 0 Å². The minimum atomic E-state index is -0.718. The maximum absolute atomic E-state index is 10.3. The molecule has 1 aliphatic rings. The molecule has 23 heavy (non-hydrogen) atoms. The first kappa shape index (κ1) is 19.4. The number of rotatable bonds is 13. The molecule has 1 aliphatic heterocycles. The molecule has 1 N–H and O–H groups in total. The monoisotopic (exact) mass is 318 g/mol. The third-order valence-electron chi connectivity index (χ3n) is 3.63. The fourth-order valence-electron chi connectivity index (χ4n) is 2.25. The molecule has 0 bridgehead atoms. The van der Waals surface area contributed by atoms with Crippen LogP contribution < -0.4 is 0 Å². The summed E-state index contributed by atoms with van der Waals surface area (Å²) in [6.45, 7) is 2.14. The summed E-state index contributed by atoms with van der Waals surface area (Å²) < 4.78 is 5.63. The van der Waals surface area contributed by atoms with Crippen molar-refractivity contribution in [2.75, 3.05) is 0 Å². The maximum Gasteiger partial charge on any atom is 0.303 e. The highest BCUT2D eigenvalue weighted by molar-refractivity contribution is 5.66. The minimum Gasteiger partial charge on any atom is -0.481 e. The molecule has 1 heterocycles. The Balaban J connectivity index is 1.95. The van der Waals surface area contributed by atoms with E-state index < -0.39 is 5.97 Å². The standard InChI is InChI=1S/C20H30O3/c1-2-3-4-5-9-12-15-18-19(23-18)16-13-10-7-6-8-11-14-17-20(21)22/h3-4,6,8-10,12-13,18-19H,2,5,7,11,14-17H2,1H3,(H,21,22)/b4-3-,8-6-,12-9-,13-10-/t18-,19+/m0/s1. The first-order valence-corrected chi connectivity index (χ1v) is 8.71. The van der Waals surface area contributed by atoms with Gasteiger partial charge in [0.15, 0.2) is 0 Å². The molecular weight excluding hydrogens is 288 g/mol. The number of ether oxygens (including phenoxy) is 1. The van der Waals surface area contributed by atoms with Crippen molar-refractivity contribution >= 4 is 5.97 Å². The van der Waals surface area contributed by atoms with Crippen LogP contribution in [0.3, 0.4) is 0 Å². The predicted molar refractivity (Wildman–Crippen MR) is 95.5 cm³/mol. The van der Waals surface area contributed by atoms with Crippen molar-refractivity contribution in [3.8, 4) is 0 Å². The number of hydrogen-bond donors (Lipinski definition) is 1. The zero-order valence-electron chi connectivity index (χ0n) is 14.2. The van der Waals surface area contributed by atoms with Crippen LogP contribution in [0.25, 0.3) is 0 Å². The van der Waals surface area contributed by atoms with E-state index in [0.29, 0.717) is 12.2 Å². The van der Waals surface area contributed by atoms with Gasteiger partial charge in [-0.05, 0) is 44.9 Å². The van der Waals surface area contributed by atoms with Gasteiger partial charge in [0.1, 0.15) is 0 Å². The fraction of sp³-hybridized carbons (Fsp3) is 0.550. The van der Waals surface area contributed by atoms with Crippen molar-refractivity contribution in [3.05, 3.63) is 48.6 Å². The van der Waals surface area contributed by atoms with E-state index in [1.54, 1.807) is 0 Å². The van der Waals surface area contributed by atoms with E-state index >= 15 is 0 Å². The van der Waals surface area contributed by atoms with Crippen molar-refractivity contribution in [1.29, 1.82) is 0 Å². The van der Waals surface area contributed by atoms with Crippen LogP contribution in [0.1, 0.15) is 58.3 Å². The number of hydrogen-bond acceptors (Lipinski definition) is 2. The molecule has 128 valence electrons. The van der Waals surface area contributed by atoms with E-state index in [1.807, 2.05) is 0 Å². The van der Waals surface area contributed by atoms with Gasteiger partial charge in [0, 0.05) is 6.42 Å². The number of epoxide rings is 1. The summed E-state index contributed by atoms with van der Waals surface area (Å²) in [7, 11) is 0. The van der Waals surface area contributed by atoms with Crippen LogP contribution in [0.5, 0.6) is 0 Å². The molecule has 0 spiro atoms. The third kappa shape index (κ3) is 11.6. The smallest absolute Gasteiger partial charge is 0.303 e. The van der Waals surface area contributed by atoms with E-state index in [-0.39, 0.29) is 6.42 Å². The van der Waals surface area contributed by atoms with Crippen LogP contribution >= 0.6 is 0 Å². The van der Waals surface area contributed by atoms with Gasteiger partial charge in [0.25, 0.3) is 0 Å². The predicted octanol–water partition coefficient (Wildman–Crippen LogP) is 5.20. The van der Waals surface area contributed by atoms with E-state index in [4.69, 9.17) is 9.84 Å². The summed E-state index contributed by atoms with van der Waals surface area (Å²) in [4.78, 5) is 10.3. The number of aliphatic carboxylic acids is 1. The highest BCUT2D eigenvalue weighted by atomic mass is 16.6. The molecule has 0 aromatic heterocycles. The first-order valence-electron chi connectivity index (χ1n) is 8.71. The van der Waals surface area contributed by atoms with Gasteiger partial charge in [-0.25, -0.2) is 0 Å². The Labute approximate surface area is 140 Å². The molecule has 0 unspecified atom stereocenters. The van der Waals surface area contributed by atoms with Crippen molar-refractivity contribution in [1.82, 2.24) is 0 Å². The molecule has 0 aromatic rings. The molecule has 0 aliphatic carbocycles. The van der Waals surface area contributed by atoms with Crippen LogP contribution in [0.2, 0.25) is 0 Å². The van der Waals surface area contributed by atoms with Crippen molar-refractivity contribution < 1.29 is 14.6 Å². The Hall–Kier alpha value is -1.61. The SMILES string of the molecule is CC/C=C\C/C=C\C[C@@H]1O[C@@H]1C/C=C\C/C=C\CCCC(=O)O. The lowest BCUT2D eigenvalue weighted by Gasteiger charge is -1.90. The average Bonchev–Trinajstić information content (AvgIpc) is 3.27. The van der Waals surface area contributed by atoms with E-state index in [9.17, 15) is 4.79 Å². The van der Waals surface area contributed by atoms with Crippen LogP contribution in [-0.4, -0.2) is 23.3 Å². The van der Waals surface area contributed by atoms with Crippen molar-refractivity contribution in [2.24, 2.45) is 0 Å². The summed E-state index contributed by atoms with van der Waals surface area (Å²) >= 11 is 0. The van der Waals surface area contributed by atoms with Gasteiger partial charge in [-0.2, -0.15) is 0 Å². The van der Waals surface area contributed by atoms with Crippen LogP contribution in [-0.2, 0) is 9.53 Å². The number of unbranched alkanes of at least 4 members (excludes halogenated alkanes) is 1. The molecule has 1 rings (SSSR count). The lowest BCUT2D eigenvalue weighted by molar-refractivity contribution is -0.137. The number of carboxylic acid groups (broad SMARTS) is 1. The van der Waals surface area contributed by atoms with E-state index in [2.05, 4.69) is 55.5 Å². The maximum atomic E-state index is 10.3. The zero-order valence-corrected chi connectivity index (χ0v) is 14.2. The molecule has 1 fully saturated rings. The quantitative estimate of drug-likeness (QED) is 0.288. The Kier molecular flexibility index (Phi) is 10.9. The van der Waals surface area contributed by atoms with Crippen molar-refractivity contribution in [3.63, 3.8) is 0 Å². The second-order valence-electron chi connectivity index (χ2n) is 5.74. The number of carbonyl (C=O) groups is 1. The molecule has 0 aromatic carbocycles. The number of carboxylic acids is 1. The third-order valence-corrected chi connectivity index (χ3v) is 3.63. The van der Waals surface area contributed by atoms with Gasteiger partial charge >= 0.3 is 5.97 Å². The zero-order chi connectivity index (χ0) is 16.8. The first-order chi connectivity index (χ1) is 11.2. The second kappa shape index (κ2) is 12.9. The largest absolute Gasteiger partial charge is 0.481 e. The van der Waals surface area contributed by atoms with Crippen LogP contribution in [0, 0.1) is 0 Å². The molecule has 2 atom stereocenters. The van der Waals surface area contributed by atoms with E-state index in [0.717, 1.165) is 44.9 Å². The lowest BCUT2D eigenvalue weighted by Crippen LogP contribution is -1.92. The van der Waals surface area contributed by atoms with Crippen molar-refractivity contribution in [2.45, 2.75) is 70.5 Å². The fourth-order valence-corrected chi connectivity index (χ4v) is 2.25. The molecule has 0 amide bonds. The summed E-state index contributed by atoms with van der Waals surface area (Å²) in [6.07, 6.45) is 24.9. The molecule has 1 saturated heterocycles. The Morgan fingerprint density at radius 2 is 1.48 bits per heavy atom. The summed E-state index contributed by atoms with van der Waals surface area (Å²) in [5.41, 5.74) is 0. The molecule has 0 saturated carbocycles. The van der Waals surface area contributed by atoms with E-state index in [1.165, 1.54) is 0 Å². The second-order valence-corrected chi connectivity index (χ2v) is 5.74. The molecule has 3 heteroatoms. The van der Waals surface area contributed by atoms with Gasteiger partial charge < -0.3 is 9.84 Å².